The van der Waals surface area contributed by atoms with E-state index >= 15 is 0 Å². The maximum atomic E-state index is 14.1. The summed E-state index contributed by atoms with van der Waals surface area (Å²) in [6.07, 6.45) is 5.33. The van der Waals surface area contributed by atoms with Gasteiger partial charge in [-0.2, -0.15) is 4.99 Å². The lowest BCUT2D eigenvalue weighted by Crippen LogP contribution is -2.17. The molecule has 1 amide bonds. The molecule has 3 aromatic rings. The lowest BCUT2D eigenvalue weighted by atomic mass is 10.2. The Hall–Kier alpha value is -2.49. The highest BCUT2D eigenvalue weighted by Crippen LogP contribution is 2.21. The van der Waals surface area contributed by atoms with Crippen LogP contribution in [0.15, 0.2) is 41.4 Å². The van der Waals surface area contributed by atoms with Gasteiger partial charge in [0.2, 0.25) is 0 Å². The first-order chi connectivity index (χ1) is 11.5. The molecular formula is C17H9ClF2N2OS. The van der Waals surface area contributed by atoms with E-state index in [-0.39, 0.29) is 27.4 Å². The molecule has 0 N–H and O–H groups in total. The molecule has 0 fully saturated rings. The predicted octanol–water partition coefficient (Wildman–Crippen LogP) is 4.01. The smallest absolute Gasteiger partial charge is 0.281 e. The monoisotopic (exact) mass is 362 g/mol. The maximum Gasteiger partial charge on any atom is 0.281 e. The van der Waals surface area contributed by atoms with Crippen LogP contribution in [0, 0.1) is 24.0 Å². The molecule has 120 valence electrons. The van der Waals surface area contributed by atoms with Crippen molar-refractivity contribution in [2.24, 2.45) is 4.99 Å². The fraction of sp³-hybridized carbons (Fsp3) is 0.0588. The number of hydrogen-bond donors (Lipinski definition) is 0. The summed E-state index contributed by atoms with van der Waals surface area (Å²) in [6, 6.07) is 7.99. The first-order valence-electron chi connectivity index (χ1n) is 6.76. The molecule has 2 aromatic carbocycles. The third-order valence-corrected chi connectivity index (χ3v) is 4.62. The van der Waals surface area contributed by atoms with Gasteiger partial charge in [-0.05, 0) is 30.3 Å². The normalized spacial score (nSPS) is 11.7. The summed E-state index contributed by atoms with van der Waals surface area (Å²) < 4.78 is 29.2. The van der Waals surface area contributed by atoms with Crippen molar-refractivity contribution in [2.75, 3.05) is 0 Å². The number of aromatic nitrogens is 1. The maximum absolute atomic E-state index is 14.1. The number of thiazole rings is 1. The van der Waals surface area contributed by atoms with Gasteiger partial charge in [-0.1, -0.05) is 34.9 Å². The van der Waals surface area contributed by atoms with Gasteiger partial charge >= 0.3 is 0 Å². The largest absolute Gasteiger partial charge is 0.302 e. The number of nitrogens with zero attached hydrogens (tertiary/aromatic N) is 2. The first kappa shape index (κ1) is 16.4. The second-order valence-corrected chi connectivity index (χ2v) is 6.22. The molecule has 3 rings (SSSR count). The van der Waals surface area contributed by atoms with Gasteiger partial charge in [0.15, 0.2) is 4.80 Å². The molecule has 0 spiro atoms. The second-order valence-electron chi connectivity index (χ2n) is 4.80. The minimum absolute atomic E-state index is 0.0421. The highest BCUT2D eigenvalue weighted by molar-refractivity contribution is 7.16. The standard InChI is InChI=1S/C17H9ClF2N2OS/c1-2-8-22-15-13(20)4-3-5-14(15)24-17(22)21-16(23)11-7-6-10(19)9-12(11)18/h1,3-7,9H,8H2. The van der Waals surface area contributed by atoms with Crippen LogP contribution in [0.1, 0.15) is 10.4 Å². The number of carbonyl (C=O) groups excluding carboxylic acids is 1. The molecule has 0 aliphatic carbocycles. The number of halogens is 3. The van der Waals surface area contributed by atoms with Crippen LogP contribution >= 0.6 is 22.9 Å². The molecule has 0 aliphatic heterocycles. The van der Waals surface area contributed by atoms with Gasteiger partial charge in [0.1, 0.15) is 11.6 Å². The number of carbonyl (C=O) groups is 1. The summed E-state index contributed by atoms with van der Waals surface area (Å²) in [7, 11) is 0. The lowest BCUT2D eigenvalue weighted by molar-refractivity contribution is 0.0998. The molecule has 24 heavy (non-hydrogen) atoms. The van der Waals surface area contributed by atoms with E-state index in [2.05, 4.69) is 10.9 Å². The summed E-state index contributed by atoms with van der Waals surface area (Å²) in [6.45, 7) is 0.0597. The summed E-state index contributed by atoms with van der Waals surface area (Å²) in [5.41, 5.74) is 0.348. The highest BCUT2D eigenvalue weighted by atomic mass is 35.5. The Balaban J connectivity index is 2.19. The van der Waals surface area contributed by atoms with Crippen molar-refractivity contribution in [1.29, 1.82) is 0 Å². The average Bonchev–Trinajstić information content (AvgIpc) is 2.86. The third kappa shape index (κ3) is 2.96. The van der Waals surface area contributed by atoms with Crippen molar-refractivity contribution in [1.82, 2.24) is 4.57 Å². The van der Waals surface area contributed by atoms with Crippen LogP contribution in [0.25, 0.3) is 10.2 Å². The molecule has 7 heteroatoms. The van der Waals surface area contributed by atoms with Crippen LogP contribution < -0.4 is 4.80 Å². The number of benzene rings is 2. The number of rotatable bonds is 2. The molecular weight excluding hydrogens is 354 g/mol. The molecule has 3 nitrogen and oxygen atoms in total. The first-order valence-corrected chi connectivity index (χ1v) is 7.96. The number of hydrogen-bond acceptors (Lipinski definition) is 2. The fourth-order valence-corrected chi connectivity index (χ4v) is 3.51. The number of terminal acetylenes is 1. The minimum atomic E-state index is -0.655. The Bertz CT molecular complexity index is 1060. The van der Waals surface area contributed by atoms with Crippen molar-refractivity contribution in [3.63, 3.8) is 0 Å². The quantitative estimate of drug-likeness (QED) is 0.634. The van der Waals surface area contributed by atoms with Crippen LogP contribution in [0.2, 0.25) is 5.02 Å². The lowest BCUT2D eigenvalue weighted by Gasteiger charge is -2.01. The van der Waals surface area contributed by atoms with Gasteiger partial charge in [-0.3, -0.25) is 4.79 Å². The average molecular weight is 363 g/mol. The molecule has 0 saturated carbocycles. The van der Waals surface area contributed by atoms with Gasteiger partial charge in [0.25, 0.3) is 5.91 Å². The number of para-hydroxylation sites is 1. The van der Waals surface area contributed by atoms with Crippen LogP contribution in [0.5, 0.6) is 0 Å². The molecule has 0 saturated heterocycles. The van der Waals surface area contributed by atoms with Crippen molar-refractivity contribution < 1.29 is 13.6 Å². The second kappa shape index (κ2) is 6.56. The zero-order chi connectivity index (χ0) is 17.3. The Morgan fingerprint density at radius 3 is 2.83 bits per heavy atom. The van der Waals surface area contributed by atoms with Crippen LogP contribution in [-0.4, -0.2) is 10.5 Å². The van der Waals surface area contributed by atoms with E-state index < -0.39 is 17.5 Å². The Labute approximate surface area is 144 Å². The van der Waals surface area contributed by atoms with E-state index in [1.54, 1.807) is 12.1 Å². The molecule has 0 aliphatic rings. The topological polar surface area (TPSA) is 34.4 Å². The zero-order valence-corrected chi connectivity index (χ0v) is 13.7. The Morgan fingerprint density at radius 1 is 1.33 bits per heavy atom. The van der Waals surface area contributed by atoms with Crippen molar-refractivity contribution >= 4 is 39.1 Å². The van der Waals surface area contributed by atoms with Crippen molar-refractivity contribution in [2.45, 2.75) is 6.54 Å². The van der Waals surface area contributed by atoms with Gasteiger partial charge in [-0.15, -0.1) is 6.42 Å². The van der Waals surface area contributed by atoms with Crippen LogP contribution in [-0.2, 0) is 6.54 Å². The highest BCUT2D eigenvalue weighted by Gasteiger charge is 2.14. The Kier molecular flexibility index (Phi) is 4.47. The number of fused-ring (bicyclic) bond motifs is 1. The minimum Gasteiger partial charge on any atom is -0.302 e. The molecule has 1 heterocycles. The van der Waals surface area contributed by atoms with Crippen molar-refractivity contribution in [3.8, 4) is 12.3 Å². The summed E-state index contributed by atoms with van der Waals surface area (Å²) in [4.78, 5) is 16.6. The molecule has 0 bridgehead atoms. The van der Waals surface area contributed by atoms with E-state index in [1.165, 1.54) is 16.7 Å². The molecule has 0 radical (unpaired) electrons. The van der Waals surface area contributed by atoms with E-state index in [1.807, 2.05) is 0 Å². The SMILES string of the molecule is C#CCn1c(=NC(=O)c2ccc(F)cc2Cl)sc2cccc(F)c21. The molecule has 0 atom stereocenters. The van der Waals surface area contributed by atoms with Gasteiger partial charge in [0, 0.05) is 0 Å². The summed E-state index contributed by atoms with van der Waals surface area (Å²) in [5, 5.41) is -0.0421. The van der Waals surface area contributed by atoms with E-state index in [0.717, 1.165) is 23.5 Å². The third-order valence-electron chi connectivity index (χ3n) is 3.26. The summed E-state index contributed by atoms with van der Waals surface area (Å²) in [5.74, 6) is 0.759. The van der Waals surface area contributed by atoms with Gasteiger partial charge < -0.3 is 4.57 Å². The molecule has 0 unspecified atom stereocenters. The van der Waals surface area contributed by atoms with E-state index in [4.69, 9.17) is 18.0 Å². The Morgan fingerprint density at radius 2 is 2.12 bits per heavy atom. The van der Waals surface area contributed by atoms with Crippen LogP contribution in [0.4, 0.5) is 8.78 Å². The predicted molar refractivity (Wildman–Crippen MR) is 89.9 cm³/mol. The van der Waals surface area contributed by atoms with E-state index in [9.17, 15) is 13.6 Å². The summed E-state index contributed by atoms with van der Waals surface area (Å²) >= 11 is 7.01. The fourth-order valence-electron chi connectivity index (χ4n) is 2.22. The van der Waals surface area contributed by atoms with E-state index in [0.29, 0.717) is 4.70 Å². The van der Waals surface area contributed by atoms with Gasteiger partial charge in [-0.25, -0.2) is 8.78 Å². The number of amides is 1. The van der Waals surface area contributed by atoms with Crippen LogP contribution in [0.3, 0.4) is 0 Å². The molecule has 1 aromatic heterocycles. The van der Waals surface area contributed by atoms with Gasteiger partial charge in [0.05, 0.1) is 27.3 Å². The van der Waals surface area contributed by atoms with Crippen molar-refractivity contribution in [3.05, 3.63) is 63.4 Å². The zero-order valence-electron chi connectivity index (χ0n) is 12.1.